The zero-order valence-corrected chi connectivity index (χ0v) is 8.02. The molecule has 1 aromatic rings. The normalized spacial score (nSPS) is 9.29. The molecule has 0 saturated carbocycles. The number of amides is 1. The highest BCUT2D eigenvalue weighted by Crippen LogP contribution is 2.15. The van der Waals surface area contributed by atoms with Gasteiger partial charge in [-0.15, -0.1) is 6.42 Å². The Bertz CT molecular complexity index is 395. The van der Waals surface area contributed by atoms with Gasteiger partial charge in [0.25, 0.3) is 5.91 Å². The van der Waals surface area contributed by atoms with Gasteiger partial charge in [-0.1, -0.05) is 5.92 Å². The second kappa shape index (κ2) is 3.93. The van der Waals surface area contributed by atoms with E-state index in [1.54, 1.807) is 13.0 Å². The van der Waals surface area contributed by atoms with Crippen LogP contribution in [0.5, 0.6) is 0 Å². The van der Waals surface area contributed by atoms with E-state index < -0.39 is 11.7 Å². The maximum atomic E-state index is 13.4. The molecule has 1 amide bonds. The van der Waals surface area contributed by atoms with Crippen molar-refractivity contribution >= 4 is 5.91 Å². The van der Waals surface area contributed by atoms with Crippen molar-refractivity contribution < 1.29 is 9.18 Å². The average Bonchev–Trinajstić information content (AvgIpc) is 2.16. The number of hydrogen-bond acceptors (Lipinski definition) is 1. The third-order valence-electron chi connectivity index (χ3n) is 1.91. The van der Waals surface area contributed by atoms with Gasteiger partial charge in [-0.25, -0.2) is 4.39 Å². The minimum Gasteiger partial charge on any atom is -0.355 e. The molecule has 0 aliphatic rings. The SMILES string of the molecule is C#Cc1cc(C)c(C(=O)NC)c(F)c1. The van der Waals surface area contributed by atoms with Crippen molar-refractivity contribution in [2.45, 2.75) is 6.92 Å². The predicted molar refractivity (Wildman–Crippen MR) is 52.5 cm³/mol. The maximum absolute atomic E-state index is 13.4. The highest BCUT2D eigenvalue weighted by Gasteiger charge is 2.13. The lowest BCUT2D eigenvalue weighted by Crippen LogP contribution is -2.20. The molecule has 3 heteroatoms. The molecular formula is C11H10FNO. The summed E-state index contributed by atoms with van der Waals surface area (Å²) in [5.41, 5.74) is 1.02. The van der Waals surface area contributed by atoms with Crippen molar-refractivity contribution in [3.05, 3.63) is 34.6 Å². The van der Waals surface area contributed by atoms with Crippen molar-refractivity contribution in [2.24, 2.45) is 0 Å². The second-order valence-electron chi connectivity index (χ2n) is 2.87. The van der Waals surface area contributed by atoms with E-state index in [-0.39, 0.29) is 5.56 Å². The minimum atomic E-state index is -0.586. The van der Waals surface area contributed by atoms with Crippen LogP contribution >= 0.6 is 0 Å². The number of benzene rings is 1. The fourth-order valence-electron chi connectivity index (χ4n) is 1.24. The molecule has 0 atom stereocenters. The number of halogens is 1. The summed E-state index contributed by atoms with van der Waals surface area (Å²) in [6.07, 6.45) is 5.13. The van der Waals surface area contributed by atoms with Crippen LogP contribution in [0.4, 0.5) is 4.39 Å². The van der Waals surface area contributed by atoms with Gasteiger partial charge in [-0.05, 0) is 24.6 Å². The van der Waals surface area contributed by atoms with E-state index in [1.807, 2.05) is 0 Å². The topological polar surface area (TPSA) is 29.1 Å². The van der Waals surface area contributed by atoms with Crippen LogP contribution in [-0.2, 0) is 0 Å². The standard InChI is InChI=1S/C11H10FNO/c1-4-8-5-7(2)10(9(12)6-8)11(14)13-3/h1,5-6H,2-3H3,(H,13,14). The maximum Gasteiger partial charge on any atom is 0.254 e. The Morgan fingerprint density at radius 3 is 2.64 bits per heavy atom. The molecule has 0 spiro atoms. The molecule has 0 aliphatic carbocycles. The van der Waals surface area contributed by atoms with Gasteiger partial charge in [0.2, 0.25) is 0 Å². The monoisotopic (exact) mass is 191 g/mol. The lowest BCUT2D eigenvalue weighted by molar-refractivity contribution is 0.0958. The summed E-state index contributed by atoms with van der Waals surface area (Å²) in [6.45, 7) is 1.65. The Hall–Kier alpha value is -1.82. The summed E-state index contributed by atoms with van der Waals surface area (Å²) in [5, 5.41) is 2.37. The molecular weight excluding hydrogens is 181 g/mol. The molecule has 0 heterocycles. The first kappa shape index (κ1) is 10.3. The number of carbonyl (C=O) groups excluding carboxylic acids is 1. The van der Waals surface area contributed by atoms with Gasteiger partial charge in [0, 0.05) is 12.6 Å². The van der Waals surface area contributed by atoms with Crippen molar-refractivity contribution in [1.29, 1.82) is 0 Å². The zero-order valence-electron chi connectivity index (χ0n) is 8.02. The van der Waals surface area contributed by atoms with Crippen LogP contribution in [0.2, 0.25) is 0 Å². The molecule has 1 aromatic carbocycles. The van der Waals surface area contributed by atoms with Gasteiger partial charge in [-0.2, -0.15) is 0 Å². The lowest BCUT2D eigenvalue weighted by Gasteiger charge is -2.06. The van der Waals surface area contributed by atoms with Crippen LogP contribution in [0.25, 0.3) is 0 Å². The van der Waals surface area contributed by atoms with Crippen molar-refractivity contribution in [3.8, 4) is 12.3 Å². The summed E-state index contributed by atoms with van der Waals surface area (Å²) in [6, 6.07) is 2.78. The Balaban J connectivity index is 3.34. The number of hydrogen-bond donors (Lipinski definition) is 1. The molecule has 0 radical (unpaired) electrons. The first-order chi connectivity index (χ1) is 6.60. The number of terminal acetylenes is 1. The molecule has 0 saturated heterocycles. The molecule has 14 heavy (non-hydrogen) atoms. The number of nitrogens with one attached hydrogen (secondary N) is 1. The summed E-state index contributed by atoms with van der Waals surface area (Å²) < 4.78 is 13.4. The number of rotatable bonds is 1. The fraction of sp³-hybridized carbons (Fsp3) is 0.182. The quantitative estimate of drug-likeness (QED) is 0.669. The Morgan fingerprint density at radius 1 is 1.57 bits per heavy atom. The summed E-state index contributed by atoms with van der Waals surface area (Å²) >= 11 is 0. The predicted octanol–water partition coefficient (Wildman–Crippen LogP) is 1.48. The van der Waals surface area contributed by atoms with Crippen LogP contribution in [0, 0.1) is 25.1 Å². The van der Waals surface area contributed by atoms with E-state index in [4.69, 9.17) is 6.42 Å². The zero-order chi connectivity index (χ0) is 10.7. The van der Waals surface area contributed by atoms with E-state index >= 15 is 0 Å². The molecule has 2 nitrogen and oxygen atoms in total. The van der Waals surface area contributed by atoms with E-state index in [9.17, 15) is 9.18 Å². The van der Waals surface area contributed by atoms with Gasteiger partial charge < -0.3 is 5.32 Å². The first-order valence-electron chi connectivity index (χ1n) is 4.09. The largest absolute Gasteiger partial charge is 0.355 e. The fourth-order valence-corrected chi connectivity index (χ4v) is 1.24. The third-order valence-corrected chi connectivity index (χ3v) is 1.91. The second-order valence-corrected chi connectivity index (χ2v) is 2.87. The average molecular weight is 191 g/mol. The van der Waals surface area contributed by atoms with Gasteiger partial charge in [-0.3, -0.25) is 4.79 Å². The van der Waals surface area contributed by atoms with Gasteiger partial charge in [0.1, 0.15) is 5.82 Å². The smallest absolute Gasteiger partial charge is 0.254 e. The lowest BCUT2D eigenvalue weighted by atomic mass is 10.0. The van der Waals surface area contributed by atoms with Crippen LogP contribution in [-0.4, -0.2) is 13.0 Å². The highest BCUT2D eigenvalue weighted by atomic mass is 19.1. The third kappa shape index (κ3) is 1.74. The Morgan fingerprint density at radius 2 is 2.21 bits per heavy atom. The Labute approximate surface area is 82.1 Å². The van der Waals surface area contributed by atoms with Crippen LogP contribution in [0.15, 0.2) is 12.1 Å². The van der Waals surface area contributed by atoms with E-state index in [0.29, 0.717) is 11.1 Å². The molecule has 0 bridgehead atoms. The van der Waals surface area contributed by atoms with Crippen LogP contribution < -0.4 is 5.32 Å². The summed E-state index contributed by atoms with van der Waals surface area (Å²) in [4.78, 5) is 11.3. The van der Waals surface area contributed by atoms with Gasteiger partial charge in [0.05, 0.1) is 5.56 Å². The van der Waals surface area contributed by atoms with Gasteiger partial charge >= 0.3 is 0 Å². The molecule has 0 aliphatic heterocycles. The minimum absolute atomic E-state index is 0.0477. The van der Waals surface area contributed by atoms with Crippen molar-refractivity contribution in [2.75, 3.05) is 7.05 Å². The molecule has 1 rings (SSSR count). The van der Waals surface area contributed by atoms with E-state index in [1.165, 1.54) is 13.1 Å². The Kier molecular flexibility index (Phi) is 2.88. The first-order valence-corrected chi connectivity index (χ1v) is 4.09. The summed E-state index contributed by atoms with van der Waals surface area (Å²) in [7, 11) is 1.45. The molecule has 0 unspecified atom stereocenters. The van der Waals surface area contributed by atoms with Crippen LogP contribution in [0.3, 0.4) is 0 Å². The number of aryl methyl sites for hydroxylation is 1. The van der Waals surface area contributed by atoms with E-state index in [2.05, 4.69) is 11.2 Å². The molecule has 72 valence electrons. The van der Waals surface area contributed by atoms with Crippen LogP contribution in [0.1, 0.15) is 21.5 Å². The van der Waals surface area contributed by atoms with Crippen molar-refractivity contribution in [1.82, 2.24) is 5.32 Å². The molecule has 0 fully saturated rings. The highest BCUT2D eigenvalue weighted by molar-refractivity contribution is 5.95. The molecule has 1 N–H and O–H groups in total. The van der Waals surface area contributed by atoms with Crippen molar-refractivity contribution in [3.63, 3.8) is 0 Å². The molecule has 0 aromatic heterocycles. The van der Waals surface area contributed by atoms with Gasteiger partial charge in [0.15, 0.2) is 0 Å². The summed E-state index contributed by atoms with van der Waals surface area (Å²) in [5.74, 6) is 1.29. The van der Waals surface area contributed by atoms with E-state index in [0.717, 1.165) is 0 Å². The number of carbonyl (C=O) groups is 1.